The monoisotopic (exact) mass is 375 g/mol. The summed E-state index contributed by atoms with van der Waals surface area (Å²) in [5.41, 5.74) is 1.12. The number of benzene rings is 1. The molecule has 4 nitrogen and oxygen atoms in total. The maximum absolute atomic E-state index is 5.18. The van der Waals surface area contributed by atoms with Gasteiger partial charge in [0.15, 0.2) is 5.96 Å². The summed E-state index contributed by atoms with van der Waals surface area (Å²) in [5, 5.41) is 6.33. The summed E-state index contributed by atoms with van der Waals surface area (Å²) >= 11 is 0. The molecule has 0 fully saturated rings. The molecule has 0 atom stereocenters. The summed E-state index contributed by atoms with van der Waals surface area (Å²) in [6, 6.07) is 7.91. The fourth-order valence-corrected chi connectivity index (χ4v) is 1.45. The highest BCUT2D eigenvalue weighted by molar-refractivity contribution is 14.0. The van der Waals surface area contributed by atoms with E-state index < -0.39 is 0 Å². The van der Waals surface area contributed by atoms with Crippen molar-refractivity contribution in [1.29, 1.82) is 0 Å². The SMILES string of the molecule is C=CCNC(=NCc1cccc(OC)c1)NCC.I. The first kappa shape index (κ1) is 17.8. The maximum Gasteiger partial charge on any atom is 0.191 e. The number of nitrogens with zero attached hydrogens (tertiary/aromatic N) is 1. The Morgan fingerprint density at radius 3 is 2.84 bits per heavy atom. The second-order valence-electron chi connectivity index (χ2n) is 3.72. The van der Waals surface area contributed by atoms with Gasteiger partial charge in [0.05, 0.1) is 13.7 Å². The van der Waals surface area contributed by atoms with E-state index in [1.807, 2.05) is 31.2 Å². The van der Waals surface area contributed by atoms with Crippen LogP contribution >= 0.6 is 24.0 Å². The van der Waals surface area contributed by atoms with Crippen molar-refractivity contribution in [3.63, 3.8) is 0 Å². The molecule has 1 aromatic carbocycles. The summed E-state index contributed by atoms with van der Waals surface area (Å²) in [4.78, 5) is 4.49. The number of ether oxygens (including phenoxy) is 1. The van der Waals surface area contributed by atoms with Gasteiger partial charge in [0, 0.05) is 13.1 Å². The Labute approximate surface area is 132 Å². The predicted molar refractivity (Wildman–Crippen MR) is 91.4 cm³/mol. The molecule has 1 rings (SSSR count). The van der Waals surface area contributed by atoms with Gasteiger partial charge in [-0.2, -0.15) is 0 Å². The summed E-state index contributed by atoms with van der Waals surface area (Å²) < 4.78 is 5.18. The third-order valence-electron chi connectivity index (χ3n) is 2.31. The highest BCUT2D eigenvalue weighted by Crippen LogP contribution is 2.12. The Morgan fingerprint density at radius 2 is 2.21 bits per heavy atom. The lowest BCUT2D eigenvalue weighted by atomic mass is 10.2. The summed E-state index contributed by atoms with van der Waals surface area (Å²) in [6.07, 6.45) is 1.80. The van der Waals surface area contributed by atoms with Crippen molar-refractivity contribution in [2.45, 2.75) is 13.5 Å². The summed E-state index contributed by atoms with van der Waals surface area (Å²) in [5.74, 6) is 1.65. The van der Waals surface area contributed by atoms with Gasteiger partial charge in [-0.25, -0.2) is 4.99 Å². The molecule has 0 spiro atoms. The molecule has 0 radical (unpaired) electrons. The van der Waals surface area contributed by atoms with Gasteiger partial charge in [-0.05, 0) is 24.6 Å². The van der Waals surface area contributed by atoms with Crippen LogP contribution in [-0.2, 0) is 6.54 Å². The van der Waals surface area contributed by atoms with Crippen molar-refractivity contribution in [1.82, 2.24) is 10.6 Å². The Morgan fingerprint density at radius 1 is 1.42 bits per heavy atom. The van der Waals surface area contributed by atoms with Gasteiger partial charge in [-0.1, -0.05) is 18.2 Å². The summed E-state index contributed by atoms with van der Waals surface area (Å²) in [6.45, 7) is 7.86. The van der Waals surface area contributed by atoms with Crippen molar-refractivity contribution in [2.24, 2.45) is 4.99 Å². The maximum atomic E-state index is 5.18. The van der Waals surface area contributed by atoms with Crippen molar-refractivity contribution >= 4 is 29.9 Å². The smallest absolute Gasteiger partial charge is 0.191 e. The van der Waals surface area contributed by atoms with E-state index in [1.165, 1.54) is 0 Å². The molecule has 0 aliphatic heterocycles. The zero-order valence-corrected chi connectivity index (χ0v) is 13.8. The van der Waals surface area contributed by atoms with Gasteiger partial charge >= 0.3 is 0 Å². The number of guanidine groups is 1. The minimum atomic E-state index is 0. The second kappa shape index (κ2) is 10.7. The average Bonchev–Trinajstić information content (AvgIpc) is 2.42. The predicted octanol–water partition coefficient (Wildman–Crippen LogP) is 2.55. The molecule has 0 unspecified atom stereocenters. The van der Waals surface area contributed by atoms with Crippen LogP contribution in [0.5, 0.6) is 5.75 Å². The Kier molecular flexibility index (Phi) is 9.97. The normalized spacial score (nSPS) is 10.3. The summed E-state index contributed by atoms with van der Waals surface area (Å²) in [7, 11) is 1.66. The third kappa shape index (κ3) is 7.05. The van der Waals surface area contributed by atoms with Crippen molar-refractivity contribution < 1.29 is 4.74 Å². The minimum Gasteiger partial charge on any atom is -0.497 e. The van der Waals surface area contributed by atoms with E-state index >= 15 is 0 Å². The molecule has 0 aromatic heterocycles. The van der Waals surface area contributed by atoms with Crippen LogP contribution in [0.15, 0.2) is 41.9 Å². The van der Waals surface area contributed by atoms with Crippen molar-refractivity contribution in [3.05, 3.63) is 42.5 Å². The zero-order chi connectivity index (χ0) is 13.2. The lowest BCUT2D eigenvalue weighted by molar-refractivity contribution is 0.414. The van der Waals surface area contributed by atoms with Gasteiger partial charge in [-0.15, -0.1) is 30.6 Å². The second-order valence-corrected chi connectivity index (χ2v) is 3.72. The Hall–Kier alpha value is -1.24. The molecule has 5 heteroatoms. The van der Waals surface area contributed by atoms with E-state index in [4.69, 9.17) is 4.74 Å². The Bertz CT molecular complexity index is 407. The van der Waals surface area contributed by atoms with Crippen LogP contribution in [0.1, 0.15) is 12.5 Å². The molecule has 2 N–H and O–H groups in total. The molecule has 0 heterocycles. The largest absolute Gasteiger partial charge is 0.497 e. The fourth-order valence-electron chi connectivity index (χ4n) is 1.45. The van der Waals surface area contributed by atoms with E-state index in [-0.39, 0.29) is 24.0 Å². The molecular formula is C14H22IN3O. The quantitative estimate of drug-likeness (QED) is 0.348. The molecule has 0 saturated carbocycles. The minimum absolute atomic E-state index is 0. The molecule has 0 aliphatic carbocycles. The standard InChI is InChI=1S/C14H21N3O.HI/c1-4-9-16-14(15-5-2)17-11-12-7-6-8-13(10-12)18-3;/h4,6-8,10H,1,5,9,11H2,2-3H3,(H2,15,16,17);1H. The number of halogens is 1. The van der Waals surface area contributed by atoms with Crippen LogP contribution in [-0.4, -0.2) is 26.2 Å². The lowest BCUT2D eigenvalue weighted by Gasteiger charge is -2.09. The molecule has 106 valence electrons. The van der Waals surface area contributed by atoms with E-state index in [0.717, 1.165) is 23.8 Å². The van der Waals surface area contributed by atoms with Crippen LogP contribution in [0, 0.1) is 0 Å². The first-order valence-electron chi connectivity index (χ1n) is 6.06. The van der Waals surface area contributed by atoms with Gasteiger partial charge in [0.2, 0.25) is 0 Å². The van der Waals surface area contributed by atoms with E-state index in [1.54, 1.807) is 13.2 Å². The number of hydrogen-bond acceptors (Lipinski definition) is 2. The molecule has 1 aromatic rings. The highest BCUT2D eigenvalue weighted by atomic mass is 127. The molecule has 0 amide bonds. The van der Waals surface area contributed by atoms with Gasteiger partial charge in [0.25, 0.3) is 0 Å². The van der Waals surface area contributed by atoms with Crippen LogP contribution < -0.4 is 15.4 Å². The zero-order valence-electron chi connectivity index (χ0n) is 11.5. The van der Waals surface area contributed by atoms with Crippen molar-refractivity contribution in [2.75, 3.05) is 20.2 Å². The molecule has 0 saturated heterocycles. The molecule has 0 bridgehead atoms. The van der Waals surface area contributed by atoms with E-state index in [2.05, 4.69) is 22.2 Å². The first-order chi connectivity index (χ1) is 8.80. The van der Waals surface area contributed by atoms with Crippen molar-refractivity contribution in [3.8, 4) is 5.75 Å². The van der Waals surface area contributed by atoms with Crippen LogP contribution in [0.3, 0.4) is 0 Å². The molecule has 0 aliphatic rings. The number of aliphatic imine (C=N–C) groups is 1. The van der Waals surface area contributed by atoms with E-state index in [9.17, 15) is 0 Å². The van der Waals surface area contributed by atoms with Crippen LogP contribution in [0.4, 0.5) is 0 Å². The van der Waals surface area contributed by atoms with E-state index in [0.29, 0.717) is 13.1 Å². The van der Waals surface area contributed by atoms with Gasteiger partial charge in [-0.3, -0.25) is 0 Å². The number of nitrogens with one attached hydrogen (secondary N) is 2. The number of hydrogen-bond donors (Lipinski definition) is 2. The number of rotatable bonds is 6. The van der Waals surface area contributed by atoms with Gasteiger partial charge in [0.1, 0.15) is 5.75 Å². The Balaban J connectivity index is 0.00000324. The first-order valence-corrected chi connectivity index (χ1v) is 6.06. The van der Waals surface area contributed by atoms with Gasteiger partial charge < -0.3 is 15.4 Å². The molecule has 19 heavy (non-hydrogen) atoms. The average molecular weight is 375 g/mol. The molecular weight excluding hydrogens is 353 g/mol. The fraction of sp³-hybridized carbons (Fsp3) is 0.357. The highest BCUT2D eigenvalue weighted by Gasteiger charge is 1.97. The van der Waals surface area contributed by atoms with Crippen LogP contribution in [0.25, 0.3) is 0 Å². The number of methoxy groups -OCH3 is 1. The lowest BCUT2D eigenvalue weighted by Crippen LogP contribution is -2.37. The third-order valence-corrected chi connectivity index (χ3v) is 2.31. The topological polar surface area (TPSA) is 45.7 Å². The van der Waals surface area contributed by atoms with Crippen LogP contribution in [0.2, 0.25) is 0 Å².